The molecule has 32 heavy (non-hydrogen) atoms. The molecule has 0 radical (unpaired) electrons. The smallest absolute Gasteiger partial charge is 0.338 e. The number of benzene rings is 2. The van der Waals surface area contributed by atoms with Crippen molar-refractivity contribution in [1.29, 1.82) is 0 Å². The molecule has 2 aromatic carbocycles. The molecular weight excluding hydrogens is 410 g/mol. The highest BCUT2D eigenvalue weighted by Gasteiger charge is 2.46. The highest BCUT2D eigenvalue weighted by Crippen LogP contribution is 2.43. The fourth-order valence-corrected chi connectivity index (χ4v) is 3.61. The maximum absolute atomic E-state index is 13.3. The summed E-state index contributed by atoms with van der Waals surface area (Å²) in [7, 11) is 1.53. The summed E-state index contributed by atoms with van der Waals surface area (Å²) in [5.74, 6) is -1.51. The van der Waals surface area contributed by atoms with Crippen LogP contribution in [0.1, 0.15) is 49.7 Å². The Morgan fingerprint density at radius 2 is 1.75 bits per heavy atom. The van der Waals surface area contributed by atoms with E-state index in [2.05, 4.69) is 0 Å². The molecule has 168 valence electrons. The van der Waals surface area contributed by atoms with E-state index < -0.39 is 29.1 Å². The van der Waals surface area contributed by atoms with Gasteiger partial charge in [0.05, 0.1) is 30.9 Å². The highest BCUT2D eigenvalue weighted by molar-refractivity contribution is 6.17. The molecule has 1 unspecified atom stereocenters. The zero-order valence-electron chi connectivity index (χ0n) is 18.8. The molecule has 1 N–H and O–H groups in total. The Kier molecular flexibility index (Phi) is 6.39. The first-order valence-electron chi connectivity index (χ1n) is 10.3. The molecule has 0 spiro atoms. The normalized spacial score (nSPS) is 16.3. The molecule has 1 aliphatic heterocycles. The molecule has 1 aliphatic rings. The van der Waals surface area contributed by atoms with E-state index in [1.165, 1.54) is 12.0 Å². The summed E-state index contributed by atoms with van der Waals surface area (Å²) in [6.45, 7) is 7.17. The molecule has 1 atom stereocenters. The second-order valence-corrected chi connectivity index (χ2v) is 8.46. The van der Waals surface area contributed by atoms with Crippen molar-refractivity contribution in [3.8, 4) is 5.75 Å². The number of carbonyl (C=O) groups is 3. The molecular formula is C25H27NO6. The van der Waals surface area contributed by atoms with Gasteiger partial charge in [-0.1, -0.05) is 32.9 Å². The number of aliphatic hydroxyl groups excluding tert-OH is 1. The Bertz CT molecular complexity index is 1080. The third-order valence-corrected chi connectivity index (χ3v) is 5.20. The molecule has 0 saturated heterocycles. The molecule has 3 rings (SSSR count). The van der Waals surface area contributed by atoms with Crippen molar-refractivity contribution in [3.63, 3.8) is 0 Å². The Morgan fingerprint density at radius 1 is 1.09 bits per heavy atom. The van der Waals surface area contributed by atoms with Crippen LogP contribution in [0.2, 0.25) is 0 Å². The second-order valence-electron chi connectivity index (χ2n) is 8.46. The predicted octanol–water partition coefficient (Wildman–Crippen LogP) is 4.39. The number of rotatable bonds is 6. The Morgan fingerprint density at radius 3 is 2.31 bits per heavy atom. The average Bonchev–Trinajstić information content (AvgIpc) is 3.03. The zero-order chi connectivity index (χ0) is 23.6. The van der Waals surface area contributed by atoms with Crippen molar-refractivity contribution in [2.45, 2.75) is 33.7 Å². The molecule has 1 heterocycles. The van der Waals surface area contributed by atoms with Crippen LogP contribution in [-0.2, 0) is 14.3 Å². The Labute approximate surface area is 187 Å². The van der Waals surface area contributed by atoms with Crippen LogP contribution in [0.5, 0.6) is 5.75 Å². The van der Waals surface area contributed by atoms with Gasteiger partial charge in [0.15, 0.2) is 11.5 Å². The molecule has 1 amide bonds. The summed E-state index contributed by atoms with van der Waals surface area (Å²) in [4.78, 5) is 39.8. The Hall–Kier alpha value is -3.61. The lowest BCUT2D eigenvalue weighted by Gasteiger charge is -2.29. The second kappa shape index (κ2) is 8.86. The zero-order valence-corrected chi connectivity index (χ0v) is 18.8. The highest BCUT2D eigenvalue weighted by atomic mass is 16.5. The molecule has 0 aromatic heterocycles. The lowest BCUT2D eigenvalue weighted by atomic mass is 9.82. The van der Waals surface area contributed by atoms with Crippen LogP contribution in [0.4, 0.5) is 5.69 Å². The summed E-state index contributed by atoms with van der Waals surface area (Å²) in [6.07, 6.45) is 0. The largest absolute Gasteiger partial charge is 0.503 e. The molecule has 7 heteroatoms. The van der Waals surface area contributed by atoms with Gasteiger partial charge in [-0.3, -0.25) is 14.5 Å². The monoisotopic (exact) mass is 437 g/mol. The molecule has 0 bridgehead atoms. The maximum Gasteiger partial charge on any atom is 0.338 e. The van der Waals surface area contributed by atoms with Crippen molar-refractivity contribution in [2.75, 3.05) is 18.6 Å². The first kappa shape index (κ1) is 23.1. The fraction of sp³-hybridized carbons (Fsp3) is 0.320. The molecule has 0 fully saturated rings. The number of anilines is 1. The van der Waals surface area contributed by atoms with Gasteiger partial charge in [-0.2, -0.15) is 0 Å². The third-order valence-electron chi connectivity index (χ3n) is 5.20. The number of Topliss-reactive ketones (excluding diaryl/α,β-unsaturated/α-hetero) is 1. The third kappa shape index (κ3) is 4.23. The van der Waals surface area contributed by atoms with Crippen LogP contribution in [0.3, 0.4) is 0 Å². The summed E-state index contributed by atoms with van der Waals surface area (Å²) in [6, 6.07) is 12.4. The molecule has 7 nitrogen and oxygen atoms in total. The van der Waals surface area contributed by atoms with Gasteiger partial charge in [0, 0.05) is 11.1 Å². The quantitative estimate of drug-likeness (QED) is 0.674. The van der Waals surface area contributed by atoms with Crippen LogP contribution in [0.25, 0.3) is 0 Å². The number of amides is 1. The van der Waals surface area contributed by atoms with Gasteiger partial charge >= 0.3 is 5.97 Å². The van der Waals surface area contributed by atoms with Crippen LogP contribution < -0.4 is 9.64 Å². The van der Waals surface area contributed by atoms with E-state index in [0.717, 1.165) is 0 Å². The van der Waals surface area contributed by atoms with Gasteiger partial charge in [-0.25, -0.2) is 4.79 Å². The van der Waals surface area contributed by atoms with Crippen molar-refractivity contribution in [2.24, 2.45) is 5.41 Å². The van der Waals surface area contributed by atoms with Crippen molar-refractivity contribution in [1.82, 2.24) is 0 Å². The Balaban J connectivity index is 2.13. The van der Waals surface area contributed by atoms with Crippen LogP contribution in [0.15, 0.2) is 59.9 Å². The van der Waals surface area contributed by atoms with Gasteiger partial charge in [0.25, 0.3) is 5.91 Å². The molecule has 0 saturated carbocycles. The van der Waals surface area contributed by atoms with E-state index in [-0.39, 0.29) is 18.0 Å². The number of aliphatic hydroxyl groups is 1. The number of ether oxygens (including phenoxy) is 2. The summed E-state index contributed by atoms with van der Waals surface area (Å²) >= 11 is 0. The van der Waals surface area contributed by atoms with E-state index in [1.807, 2.05) is 0 Å². The van der Waals surface area contributed by atoms with Crippen LogP contribution in [0, 0.1) is 5.41 Å². The lowest BCUT2D eigenvalue weighted by molar-refractivity contribution is -0.123. The van der Waals surface area contributed by atoms with Crippen LogP contribution >= 0.6 is 0 Å². The SMILES string of the molecule is CCOC(=O)c1ccc(N2C(=O)C(O)=C(C(=O)C(C)(C)C)C2c2cccc(OC)c2)cc1. The van der Waals surface area contributed by atoms with Crippen molar-refractivity contribution in [3.05, 3.63) is 71.0 Å². The summed E-state index contributed by atoms with van der Waals surface area (Å²) < 4.78 is 10.3. The first-order chi connectivity index (χ1) is 15.1. The maximum atomic E-state index is 13.3. The van der Waals surface area contributed by atoms with Gasteiger partial charge in [0.2, 0.25) is 0 Å². The number of hydrogen-bond acceptors (Lipinski definition) is 6. The summed E-state index contributed by atoms with van der Waals surface area (Å²) in [5.41, 5.74) is 0.598. The summed E-state index contributed by atoms with van der Waals surface area (Å²) in [5, 5.41) is 10.8. The van der Waals surface area contributed by atoms with Gasteiger partial charge < -0.3 is 14.6 Å². The van der Waals surface area contributed by atoms with E-state index in [4.69, 9.17) is 9.47 Å². The van der Waals surface area contributed by atoms with E-state index in [9.17, 15) is 19.5 Å². The topological polar surface area (TPSA) is 93.1 Å². The molecule has 2 aromatic rings. The number of nitrogens with zero attached hydrogens (tertiary/aromatic N) is 1. The van der Waals surface area contributed by atoms with Crippen molar-refractivity contribution < 1.29 is 29.0 Å². The first-order valence-corrected chi connectivity index (χ1v) is 10.3. The average molecular weight is 437 g/mol. The fourth-order valence-electron chi connectivity index (χ4n) is 3.61. The molecule has 0 aliphatic carbocycles. The van der Waals surface area contributed by atoms with Gasteiger partial charge in [-0.05, 0) is 48.9 Å². The predicted molar refractivity (Wildman–Crippen MR) is 120 cm³/mol. The number of methoxy groups -OCH3 is 1. The van der Waals surface area contributed by atoms with E-state index >= 15 is 0 Å². The minimum atomic E-state index is -0.849. The van der Waals surface area contributed by atoms with E-state index in [1.54, 1.807) is 76.2 Å². The van der Waals surface area contributed by atoms with E-state index in [0.29, 0.717) is 22.6 Å². The lowest BCUT2D eigenvalue weighted by Crippen LogP contribution is -2.32. The number of ketones is 1. The minimum Gasteiger partial charge on any atom is -0.503 e. The number of hydrogen-bond donors (Lipinski definition) is 1. The van der Waals surface area contributed by atoms with Gasteiger partial charge in [-0.15, -0.1) is 0 Å². The van der Waals surface area contributed by atoms with Gasteiger partial charge in [0.1, 0.15) is 5.75 Å². The number of esters is 1. The number of carbonyl (C=O) groups excluding carboxylic acids is 3. The standard InChI is InChI=1S/C25H27NO6/c1-6-32-24(30)15-10-12-17(13-11-15)26-20(16-8-7-9-18(14-16)31-5)19(21(27)23(26)29)22(28)25(2,3)4/h7-14,20,27H,6H2,1-5H3. The van der Waals surface area contributed by atoms with Crippen LogP contribution in [-0.4, -0.2) is 36.5 Å². The minimum absolute atomic E-state index is 0.0326. The van der Waals surface area contributed by atoms with Crippen molar-refractivity contribution >= 4 is 23.3 Å².